The van der Waals surface area contributed by atoms with Crippen LogP contribution in [0.4, 0.5) is 10.5 Å². The molecule has 0 bridgehead atoms. The number of benzene rings is 1. The van der Waals surface area contributed by atoms with E-state index >= 15 is 0 Å². The monoisotopic (exact) mass is 320 g/mol. The number of aryl methyl sites for hydroxylation is 1. The Hall–Kier alpha value is -1.68. The summed E-state index contributed by atoms with van der Waals surface area (Å²) in [4.78, 5) is 11.2. The minimum absolute atomic E-state index is 0.443. The molecule has 0 saturated carbocycles. The first-order valence-corrected chi connectivity index (χ1v) is 7.21. The van der Waals surface area contributed by atoms with Gasteiger partial charge in [0.2, 0.25) is 10.4 Å². The van der Waals surface area contributed by atoms with Crippen LogP contribution in [-0.4, -0.2) is 51.8 Å². The number of carbonyl (C=O) groups is 1. The first kappa shape index (κ1) is 19.3. The molecule has 1 rings (SSSR count). The lowest BCUT2D eigenvalue weighted by Crippen LogP contribution is -2.34. The highest BCUT2D eigenvalue weighted by Gasteiger charge is 2.15. The largest absolute Gasteiger partial charge is 0.726 e. The van der Waals surface area contributed by atoms with Crippen molar-refractivity contribution in [2.24, 2.45) is 0 Å². The number of hydrogen-bond acceptors (Lipinski definition) is 5. The summed E-state index contributed by atoms with van der Waals surface area (Å²) >= 11 is 0. The first-order valence-electron chi connectivity index (χ1n) is 5.85. The molecule has 0 atom stereocenters. The second-order valence-electron chi connectivity index (χ2n) is 5.03. The van der Waals surface area contributed by atoms with Crippen LogP contribution in [0.5, 0.6) is 5.75 Å². The molecule has 1 aromatic rings. The maximum atomic E-state index is 11.2. The highest BCUT2D eigenvalue weighted by molar-refractivity contribution is 7.79. The molecule has 1 amide bonds. The Kier molecular flexibility index (Phi) is 6.77. The second-order valence-corrected chi connectivity index (χ2v) is 5.88. The number of ether oxygens (including phenoxy) is 1. The summed E-state index contributed by atoms with van der Waals surface area (Å²) in [6.07, 6.45) is -0.443. The standard InChI is InChI=1S/C12H18N2O2.H2O4S/c1-9-6-7-10(14(3,4)5)8-11(9)16-12(15)13-2;1-5(2,3)4/h6-8H,1-5H3;(H2,1,2,3,4). The summed E-state index contributed by atoms with van der Waals surface area (Å²) < 4.78 is 38.7. The van der Waals surface area contributed by atoms with Crippen LogP contribution < -0.4 is 14.5 Å². The number of hydrogen-bond donors (Lipinski definition) is 2. The zero-order valence-corrected chi connectivity index (χ0v) is 13.4. The van der Waals surface area contributed by atoms with Crippen LogP contribution in [0.1, 0.15) is 5.56 Å². The van der Waals surface area contributed by atoms with Crippen LogP contribution in [0, 0.1) is 6.92 Å². The quantitative estimate of drug-likeness (QED) is 0.475. The van der Waals surface area contributed by atoms with Crippen LogP contribution in [0.15, 0.2) is 18.2 Å². The van der Waals surface area contributed by atoms with Gasteiger partial charge in [-0.05, 0) is 24.6 Å². The van der Waals surface area contributed by atoms with E-state index in [-0.39, 0.29) is 0 Å². The number of amides is 1. The Morgan fingerprint density at radius 1 is 1.33 bits per heavy atom. The first-order chi connectivity index (χ1) is 9.34. The fraction of sp³-hybridized carbons (Fsp3) is 0.417. The molecule has 0 fully saturated rings. The van der Waals surface area contributed by atoms with Gasteiger partial charge in [0, 0.05) is 13.1 Å². The SMILES string of the molecule is CNC(=O)Oc1cc([N+](C)(C)C)ccc1C.O=S(=O)([O-])O. The molecule has 8 nitrogen and oxygen atoms in total. The molecular formula is C12H20N2O6S. The van der Waals surface area contributed by atoms with Gasteiger partial charge in [0.05, 0.1) is 21.1 Å². The Bertz CT molecular complexity index is 584. The maximum absolute atomic E-state index is 11.2. The maximum Gasteiger partial charge on any atom is 0.412 e. The predicted molar refractivity (Wildman–Crippen MR) is 78.2 cm³/mol. The van der Waals surface area contributed by atoms with Gasteiger partial charge >= 0.3 is 6.09 Å². The lowest BCUT2D eigenvalue weighted by molar-refractivity contribution is 0.202. The minimum Gasteiger partial charge on any atom is -0.726 e. The zero-order chi connectivity index (χ0) is 16.8. The molecule has 120 valence electrons. The lowest BCUT2D eigenvalue weighted by atomic mass is 10.2. The normalized spacial score (nSPS) is 11.2. The molecule has 1 aromatic carbocycles. The van der Waals surface area contributed by atoms with E-state index < -0.39 is 16.5 Å². The summed E-state index contributed by atoms with van der Waals surface area (Å²) in [5, 5.41) is 2.43. The lowest BCUT2D eigenvalue weighted by Gasteiger charge is -2.24. The van der Waals surface area contributed by atoms with Gasteiger partial charge in [0.1, 0.15) is 11.4 Å². The minimum atomic E-state index is -4.92. The molecule has 0 aliphatic rings. The van der Waals surface area contributed by atoms with E-state index in [1.807, 2.05) is 25.1 Å². The molecule has 0 aromatic heterocycles. The third-order valence-electron chi connectivity index (χ3n) is 2.35. The van der Waals surface area contributed by atoms with Gasteiger partial charge in [-0.1, -0.05) is 0 Å². The van der Waals surface area contributed by atoms with Crippen LogP contribution in [0.2, 0.25) is 0 Å². The van der Waals surface area contributed by atoms with Crippen molar-refractivity contribution >= 4 is 22.2 Å². The van der Waals surface area contributed by atoms with Gasteiger partial charge in [-0.15, -0.1) is 0 Å². The van der Waals surface area contributed by atoms with Gasteiger partial charge in [-0.25, -0.2) is 13.2 Å². The summed E-state index contributed by atoms with van der Waals surface area (Å²) in [5.74, 6) is 0.602. The third-order valence-corrected chi connectivity index (χ3v) is 2.35. The smallest absolute Gasteiger partial charge is 0.412 e. The zero-order valence-electron chi connectivity index (χ0n) is 12.6. The highest BCUT2D eigenvalue weighted by atomic mass is 32.3. The molecule has 0 saturated heterocycles. The molecule has 0 unspecified atom stereocenters. The van der Waals surface area contributed by atoms with Crippen molar-refractivity contribution < 1.29 is 27.1 Å². The van der Waals surface area contributed by atoms with Crippen molar-refractivity contribution in [3.63, 3.8) is 0 Å². The Balaban J connectivity index is 0.000000690. The number of rotatable bonds is 2. The molecule has 21 heavy (non-hydrogen) atoms. The molecule has 2 N–H and O–H groups in total. The van der Waals surface area contributed by atoms with E-state index in [4.69, 9.17) is 22.3 Å². The van der Waals surface area contributed by atoms with Crippen molar-refractivity contribution in [3.8, 4) is 5.75 Å². The van der Waals surface area contributed by atoms with Gasteiger partial charge in [-0.3, -0.25) is 9.04 Å². The van der Waals surface area contributed by atoms with Crippen LogP contribution in [0.25, 0.3) is 0 Å². The van der Waals surface area contributed by atoms with Crippen molar-refractivity contribution in [1.29, 1.82) is 0 Å². The van der Waals surface area contributed by atoms with E-state index in [0.29, 0.717) is 10.2 Å². The van der Waals surface area contributed by atoms with Gasteiger partial charge in [0.25, 0.3) is 0 Å². The van der Waals surface area contributed by atoms with Crippen LogP contribution in [0.3, 0.4) is 0 Å². The summed E-state index contributed by atoms with van der Waals surface area (Å²) in [7, 11) is 2.82. The van der Waals surface area contributed by atoms with E-state index in [1.165, 1.54) is 0 Å². The number of nitrogens with zero attached hydrogens (tertiary/aromatic N) is 1. The van der Waals surface area contributed by atoms with Crippen molar-refractivity contribution in [2.45, 2.75) is 6.92 Å². The Labute approximate surface area is 124 Å². The number of quaternary nitrogens is 1. The van der Waals surface area contributed by atoms with Gasteiger partial charge in [-0.2, -0.15) is 0 Å². The molecule has 0 aliphatic carbocycles. The van der Waals surface area contributed by atoms with E-state index in [9.17, 15) is 4.79 Å². The fourth-order valence-electron chi connectivity index (χ4n) is 1.27. The van der Waals surface area contributed by atoms with Gasteiger partial charge in [0.15, 0.2) is 0 Å². The second kappa shape index (κ2) is 7.36. The fourth-order valence-corrected chi connectivity index (χ4v) is 1.27. The third kappa shape index (κ3) is 8.97. The summed E-state index contributed by atoms with van der Waals surface area (Å²) in [6.45, 7) is 1.91. The van der Waals surface area contributed by atoms with Crippen molar-refractivity contribution in [2.75, 3.05) is 28.2 Å². The van der Waals surface area contributed by atoms with E-state index in [0.717, 1.165) is 11.3 Å². The Morgan fingerprint density at radius 2 is 1.81 bits per heavy atom. The highest BCUT2D eigenvalue weighted by Crippen LogP contribution is 2.26. The molecule has 0 heterocycles. The molecule has 9 heteroatoms. The van der Waals surface area contributed by atoms with Crippen molar-refractivity contribution in [3.05, 3.63) is 23.8 Å². The number of carbonyl (C=O) groups excluding carboxylic acids is 1. The van der Waals surface area contributed by atoms with Crippen molar-refractivity contribution in [1.82, 2.24) is 9.80 Å². The summed E-state index contributed by atoms with van der Waals surface area (Å²) in [6, 6.07) is 5.88. The topological polar surface area (TPSA) is 116 Å². The molecule has 0 radical (unpaired) electrons. The number of nitrogens with one attached hydrogen (secondary N) is 1. The predicted octanol–water partition coefficient (Wildman–Crippen LogP) is 0.915. The molecular weight excluding hydrogens is 300 g/mol. The Morgan fingerprint density at radius 3 is 2.19 bits per heavy atom. The van der Waals surface area contributed by atoms with E-state index in [2.05, 4.69) is 26.5 Å². The van der Waals surface area contributed by atoms with Crippen LogP contribution >= 0.6 is 0 Å². The summed E-state index contributed by atoms with van der Waals surface area (Å²) in [5.41, 5.74) is 2.03. The molecule has 0 spiro atoms. The van der Waals surface area contributed by atoms with E-state index in [1.54, 1.807) is 7.05 Å². The van der Waals surface area contributed by atoms with Gasteiger partial charge < -0.3 is 14.6 Å². The average molecular weight is 320 g/mol. The van der Waals surface area contributed by atoms with Crippen LogP contribution in [-0.2, 0) is 10.4 Å². The average Bonchev–Trinajstić information content (AvgIpc) is 2.28. The molecule has 0 aliphatic heterocycles.